The minimum atomic E-state index is -4.77. The maximum Gasteiger partial charge on any atom is 0.573 e. The number of halogens is 3. The zero-order chi connectivity index (χ0) is 20.6. The number of rotatable bonds is 3. The van der Waals surface area contributed by atoms with Gasteiger partial charge in [-0.25, -0.2) is 0 Å². The molecule has 0 spiro atoms. The van der Waals surface area contributed by atoms with Crippen molar-refractivity contribution in [2.75, 3.05) is 0 Å². The summed E-state index contributed by atoms with van der Waals surface area (Å²) in [6, 6.07) is 4.98. The molecule has 27 heavy (non-hydrogen) atoms. The monoisotopic (exact) mass is 385 g/mol. The fourth-order valence-electron chi connectivity index (χ4n) is 3.98. The van der Waals surface area contributed by atoms with E-state index in [-0.39, 0.29) is 12.2 Å². The van der Waals surface area contributed by atoms with E-state index in [1.807, 2.05) is 0 Å². The van der Waals surface area contributed by atoms with Crippen LogP contribution in [0.1, 0.15) is 40.5 Å². The first-order valence-electron chi connectivity index (χ1n) is 8.46. The van der Waals surface area contributed by atoms with Gasteiger partial charge in [-0.2, -0.15) is 0 Å². The Morgan fingerprint density at radius 1 is 1.22 bits per heavy atom. The molecule has 0 aliphatic heterocycles. The van der Waals surface area contributed by atoms with Crippen LogP contribution in [-0.2, 0) is 9.59 Å². The maximum absolute atomic E-state index is 12.8. The van der Waals surface area contributed by atoms with Crippen LogP contribution in [0.5, 0.6) is 5.75 Å². The van der Waals surface area contributed by atoms with Gasteiger partial charge in [-0.15, -0.1) is 13.2 Å². The van der Waals surface area contributed by atoms with Crippen LogP contribution in [0.15, 0.2) is 29.3 Å². The van der Waals surface area contributed by atoms with Gasteiger partial charge < -0.3 is 9.84 Å². The smallest absolute Gasteiger partial charge is 0.480 e. The van der Waals surface area contributed by atoms with Gasteiger partial charge in [-0.3, -0.25) is 14.6 Å². The number of hydrogen-bond acceptors (Lipinski definition) is 4. The minimum Gasteiger partial charge on any atom is -0.480 e. The number of hydrogen-bond donors (Lipinski definition) is 1. The average molecular weight is 385 g/mol. The predicted octanol–water partition coefficient (Wildman–Crippen LogP) is 4.77. The summed E-state index contributed by atoms with van der Waals surface area (Å²) in [4.78, 5) is 29.1. The highest BCUT2D eigenvalue weighted by atomic mass is 19.4. The number of carboxylic acids is 1. The number of alkyl halides is 3. The summed E-state index contributed by atoms with van der Waals surface area (Å²) in [5.74, 6) is -2.38. The summed E-state index contributed by atoms with van der Waals surface area (Å²) < 4.78 is 40.4. The van der Waals surface area contributed by atoms with E-state index in [2.05, 4.69) is 9.73 Å². The van der Waals surface area contributed by atoms with Gasteiger partial charge in [0, 0.05) is 12.1 Å². The van der Waals surface area contributed by atoms with Crippen molar-refractivity contribution in [3.63, 3.8) is 0 Å². The van der Waals surface area contributed by atoms with Crippen LogP contribution in [0.2, 0.25) is 0 Å². The number of carbonyl (C=O) groups is 2. The molecular formula is C19H22F3NO4. The van der Waals surface area contributed by atoms with Gasteiger partial charge in [0.1, 0.15) is 11.2 Å². The van der Waals surface area contributed by atoms with E-state index in [1.54, 1.807) is 27.7 Å². The first-order valence-corrected chi connectivity index (χ1v) is 8.46. The molecule has 1 fully saturated rings. The van der Waals surface area contributed by atoms with E-state index in [4.69, 9.17) is 0 Å². The van der Waals surface area contributed by atoms with Gasteiger partial charge >= 0.3 is 12.3 Å². The van der Waals surface area contributed by atoms with E-state index in [0.29, 0.717) is 17.8 Å². The highest BCUT2D eigenvalue weighted by Gasteiger charge is 2.60. The van der Waals surface area contributed by atoms with Crippen molar-refractivity contribution in [1.82, 2.24) is 0 Å². The number of carbonyl (C=O) groups excluding carboxylic acids is 1. The summed E-state index contributed by atoms with van der Waals surface area (Å²) in [6.45, 7) is 6.91. The standard InChI is InChI=1S/C19H22F3NO4/c1-11-9-13(10-15(24)18(11,16(25)26)17(2,3)4)23-12-5-7-14(8-6-12)27-19(20,21)22/h5-8,11H,9-10H2,1-4H3,(H,25,26). The summed E-state index contributed by atoms with van der Waals surface area (Å²) in [5.41, 5.74) is -1.38. The van der Waals surface area contributed by atoms with Crippen LogP contribution in [-0.4, -0.2) is 28.9 Å². The van der Waals surface area contributed by atoms with Gasteiger partial charge in [0.15, 0.2) is 5.78 Å². The molecule has 2 rings (SSSR count). The summed E-state index contributed by atoms with van der Waals surface area (Å²) >= 11 is 0. The lowest BCUT2D eigenvalue weighted by Gasteiger charge is -2.46. The zero-order valence-corrected chi connectivity index (χ0v) is 15.6. The fraction of sp³-hybridized carbons (Fsp3) is 0.526. The lowest BCUT2D eigenvalue weighted by Crippen LogP contribution is -2.57. The SMILES string of the molecule is CC1CC(=Nc2ccc(OC(F)(F)F)cc2)CC(=O)C1(C(=O)O)C(C)(C)C. The molecule has 0 heterocycles. The van der Waals surface area contributed by atoms with E-state index >= 15 is 0 Å². The molecule has 1 aliphatic carbocycles. The van der Waals surface area contributed by atoms with Crippen molar-refractivity contribution in [3.05, 3.63) is 24.3 Å². The van der Waals surface area contributed by atoms with Crippen molar-refractivity contribution < 1.29 is 32.6 Å². The number of nitrogens with zero attached hydrogens (tertiary/aromatic N) is 1. The number of Topliss-reactive ketones (excluding diaryl/α,β-unsaturated/α-hetero) is 1. The van der Waals surface area contributed by atoms with E-state index in [0.717, 1.165) is 12.1 Å². The quantitative estimate of drug-likeness (QED) is 0.760. The molecule has 0 bridgehead atoms. The Hall–Kier alpha value is -2.38. The normalized spacial score (nSPS) is 25.5. The fourth-order valence-corrected chi connectivity index (χ4v) is 3.98. The largest absolute Gasteiger partial charge is 0.573 e. The molecular weight excluding hydrogens is 363 g/mol. The third-order valence-electron chi connectivity index (χ3n) is 4.96. The van der Waals surface area contributed by atoms with Crippen molar-refractivity contribution in [3.8, 4) is 5.75 Å². The molecule has 0 saturated heterocycles. The third-order valence-corrected chi connectivity index (χ3v) is 4.96. The Morgan fingerprint density at radius 2 is 1.78 bits per heavy atom. The van der Waals surface area contributed by atoms with E-state index < -0.39 is 34.9 Å². The van der Waals surface area contributed by atoms with Crippen LogP contribution in [0.4, 0.5) is 18.9 Å². The van der Waals surface area contributed by atoms with Gasteiger partial charge in [-0.05, 0) is 42.0 Å². The topological polar surface area (TPSA) is 76.0 Å². The van der Waals surface area contributed by atoms with Crippen LogP contribution < -0.4 is 4.74 Å². The summed E-state index contributed by atoms with van der Waals surface area (Å²) in [7, 11) is 0. The molecule has 1 aromatic carbocycles. The van der Waals surface area contributed by atoms with Crippen molar-refractivity contribution in [2.45, 2.75) is 46.9 Å². The molecule has 5 nitrogen and oxygen atoms in total. The zero-order valence-electron chi connectivity index (χ0n) is 15.6. The molecule has 1 saturated carbocycles. The molecule has 1 N–H and O–H groups in total. The predicted molar refractivity (Wildman–Crippen MR) is 93.1 cm³/mol. The third kappa shape index (κ3) is 4.14. The number of ketones is 1. The van der Waals surface area contributed by atoms with Crippen molar-refractivity contribution in [2.24, 2.45) is 21.7 Å². The van der Waals surface area contributed by atoms with Crippen LogP contribution in [0, 0.1) is 16.7 Å². The number of benzene rings is 1. The van der Waals surface area contributed by atoms with Crippen LogP contribution in [0.3, 0.4) is 0 Å². The first kappa shape index (κ1) is 20.9. The second-order valence-corrected chi connectivity index (χ2v) is 7.79. The van der Waals surface area contributed by atoms with E-state index in [1.165, 1.54) is 12.1 Å². The molecule has 2 unspecified atom stereocenters. The first-order chi connectivity index (χ1) is 12.3. The Labute approximate surface area is 155 Å². The Bertz CT molecular complexity index is 763. The molecule has 0 aromatic heterocycles. The lowest BCUT2D eigenvalue weighted by atomic mass is 9.53. The lowest BCUT2D eigenvalue weighted by molar-refractivity contribution is -0.274. The molecule has 1 aliphatic rings. The van der Waals surface area contributed by atoms with Crippen molar-refractivity contribution >= 4 is 23.2 Å². The Morgan fingerprint density at radius 3 is 2.19 bits per heavy atom. The molecule has 0 radical (unpaired) electrons. The molecule has 2 atom stereocenters. The number of aliphatic carboxylic acids is 1. The van der Waals surface area contributed by atoms with Crippen molar-refractivity contribution in [1.29, 1.82) is 0 Å². The molecule has 8 heteroatoms. The highest BCUT2D eigenvalue weighted by molar-refractivity contribution is 6.15. The maximum atomic E-state index is 12.8. The Balaban J connectivity index is 2.26. The molecule has 148 valence electrons. The van der Waals surface area contributed by atoms with Crippen LogP contribution in [0.25, 0.3) is 0 Å². The average Bonchev–Trinajstić information content (AvgIpc) is 2.45. The van der Waals surface area contributed by atoms with Gasteiger partial charge in [0.05, 0.1) is 5.69 Å². The van der Waals surface area contributed by atoms with E-state index in [9.17, 15) is 27.9 Å². The van der Waals surface area contributed by atoms with Gasteiger partial charge in [0.25, 0.3) is 0 Å². The minimum absolute atomic E-state index is 0.102. The van der Waals surface area contributed by atoms with Crippen LogP contribution >= 0.6 is 0 Å². The van der Waals surface area contributed by atoms with Gasteiger partial charge in [-0.1, -0.05) is 27.7 Å². The number of carboxylic acid groups (broad SMARTS) is 1. The molecule has 1 aromatic rings. The number of ether oxygens (including phenoxy) is 1. The number of aliphatic imine (C=N–C) groups is 1. The second kappa shape index (κ2) is 6.98. The molecule has 0 amide bonds. The second-order valence-electron chi connectivity index (χ2n) is 7.79. The summed E-state index contributed by atoms with van der Waals surface area (Å²) in [6.07, 6.45) is -4.56. The Kier molecular flexibility index (Phi) is 5.41. The summed E-state index contributed by atoms with van der Waals surface area (Å²) in [5, 5.41) is 9.80. The highest BCUT2D eigenvalue weighted by Crippen LogP contribution is 2.50. The van der Waals surface area contributed by atoms with Gasteiger partial charge in [0.2, 0.25) is 0 Å².